The highest BCUT2D eigenvalue weighted by atomic mass is 35.5. The second-order valence-electron chi connectivity index (χ2n) is 1.44. The summed E-state index contributed by atoms with van der Waals surface area (Å²) in [7, 11) is 0. The number of aryl methyl sites for hydroxylation is 1. The van der Waals surface area contributed by atoms with Crippen LogP contribution in [0.3, 0.4) is 0 Å². The first kappa shape index (κ1) is 5.44. The minimum absolute atomic E-state index is 0.238. The van der Waals surface area contributed by atoms with Gasteiger partial charge in [0.1, 0.15) is 5.69 Å². The molecule has 0 saturated heterocycles. The number of nitrogens with two attached hydrogens (primary N) is 1. The van der Waals surface area contributed by atoms with Gasteiger partial charge in [0.25, 0.3) is 0 Å². The van der Waals surface area contributed by atoms with Crippen molar-refractivity contribution in [1.82, 2.24) is 5.16 Å². The predicted molar refractivity (Wildman–Crippen MR) is 30.7 cm³/mol. The van der Waals surface area contributed by atoms with Crippen molar-refractivity contribution >= 4 is 17.3 Å². The Balaban J connectivity index is 3.19. The number of anilines is 1. The summed E-state index contributed by atoms with van der Waals surface area (Å²) in [4.78, 5) is 0. The van der Waals surface area contributed by atoms with Gasteiger partial charge in [0.15, 0.2) is 10.9 Å². The van der Waals surface area contributed by atoms with Gasteiger partial charge in [0.05, 0.1) is 0 Å². The Hall–Kier alpha value is -0.700. The summed E-state index contributed by atoms with van der Waals surface area (Å²) in [5, 5.41) is 3.62. The van der Waals surface area contributed by atoms with Crippen LogP contribution in [-0.2, 0) is 0 Å². The zero-order valence-electron chi connectivity index (χ0n) is 4.31. The van der Waals surface area contributed by atoms with Crippen LogP contribution in [0.4, 0.5) is 5.69 Å². The molecule has 44 valence electrons. The molecule has 0 aliphatic rings. The largest absolute Gasteiger partial charge is 0.393 e. The Morgan fingerprint density at radius 2 is 2.38 bits per heavy atom. The van der Waals surface area contributed by atoms with Crippen LogP contribution in [0.2, 0.25) is 5.15 Å². The quantitative estimate of drug-likeness (QED) is 0.578. The Kier molecular flexibility index (Phi) is 1.13. The van der Waals surface area contributed by atoms with Gasteiger partial charge in [-0.15, -0.1) is 0 Å². The van der Waals surface area contributed by atoms with Gasteiger partial charge in [-0.1, -0.05) is 16.8 Å². The lowest BCUT2D eigenvalue weighted by Crippen LogP contribution is -1.83. The van der Waals surface area contributed by atoms with Crippen LogP contribution >= 0.6 is 11.6 Å². The lowest BCUT2D eigenvalue weighted by molar-refractivity contribution is 0.398. The third-order valence-electron chi connectivity index (χ3n) is 0.864. The molecule has 1 heterocycles. The summed E-state index contributed by atoms with van der Waals surface area (Å²) in [5.74, 6) is 0.565. The first-order valence-electron chi connectivity index (χ1n) is 2.09. The van der Waals surface area contributed by atoms with Gasteiger partial charge in [-0.3, -0.25) is 0 Å². The van der Waals surface area contributed by atoms with Crippen LogP contribution in [0.1, 0.15) is 5.76 Å². The third-order valence-corrected chi connectivity index (χ3v) is 1.14. The average molecular weight is 133 g/mol. The number of nitrogen functional groups attached to an aromatic ring is 1. The molecule has 1 aromatic rings. The highest BCUT2D eigenvalue weighted by Gasteiger charge is 2.03. The lowest BCUT2D eigenvalue weighted by atomic mass is 10.4. The van der Waals surface area contributed by atoms with Crippen molar-refractivity contribution in [2.24, 2.45) is 0 Å². The Morgan fingerprint density at radius 1 is 1.75 bits per heavy atom. The van der Waals surface area contributed by atoms with Crippen LogP contribution in [0.25, 0.3) is 0 Å². The molecular formula is C4H5ClN2O. The fourth-order valence-corrected chi connectivity index (χ4v) is 0.520. The van der Waals surface area contributed by atoms with Gasteiger partial charge >= 0.3 is 0 Å². The predicted octanol–water partition coefficient (Wildman–Crippen LogP) is 1.22. The van der Waals surface area contributed by atoms with E-state index in [9.17, 15) is 0 Å². The number of nitrogens with zero attached hydrogens (tertiary/aromatic N) is 1. The molecule has 4 heteroatoms. The molecule has 0 fully saturated rings. The van der Waals surface area contributed by atoms with Crippen molar-refractivity contribution in [3.8, 4) is 0 Å². The van der Waals surface area contributed by atoms with Gasteiger partial charge in [-0.2, -0.15) is 0 Å². The van der Waals surface area contributed by atoms with E-state index in [0.29, 0.717) is 11.4 Å². The highest BCUT2D eigenvalue weighted by Crippen LogP contribution is 2.19. The summed E-state index contributed by atoms with van der Waals surface area (Å²) < 4.78 is 4.59. The summed E-state index contributed by atoms with van der Waals surface area (Å²) in [6, 6.07) is 0. The topological polar surface area (TPSA) is 52.0 Å². The standard InChI is InChI=1S/C4H5ClN2O/c1-2-3(6)4(5)7-8-2/h6H2,1H3. The average Bonchev–Trinajstić information content (AvgIpc) is 1.98. The lowest BCUT2D eigenvalue weighted by Gasteiger charge is -1.79. The van der Waals surface area contributed by atoms with Gasteiger partial charge < -0.3 is 10.3 Å². The number of hydrogen-bond donors (Lipinski definition) is 1. The van der Waals surface area contributed by atoms with E-state index in [-0.39, 0.29) is 5.15 Å². The fraction of sp³-hybridized carbons (Fsp3) is 0.250. The minimum atomic E-state index is 0.238. The summed E-state index contributed by atoms with van der Waals surface area (Å²) in [6.45, 7) is 1.70. The Labute approximate surface area is 51.4 Å². The van der Waals surface area contributed by atoms with Crippen LogP contribution in [-0.4, -0.2) is 5.16 Å². The molecule has 0 saturated carbocycles. The van der Waals surface area contributed by atoms with E-state index < -0.39 is 0 Å². The van der Waals surface area contributed by atoms with Gasteiger partial charge in [0.2, 0.25) is 0 Å². The first-order chi connectivity index (χ1) is 3.72. The van der Waals surface area contributed by atoms with Crippen LogP contribution in [0, 0.1) is 6.92 Å². The summed E-state index contributed by atoms with van der Waals surface area (Å²) >= 11 is 5.40. The number of halogens is 1. The fourth-order valence-electron chi connectivity index (χ4n) is 0.352. The number of hydrogen-bond acceptors (Lipinski definition) is 3. The Morgan fingerprint density at radius 3 is 2.50 bits per heavy atom. The first-order valence-corrected chi connectivity index (χ1v) is 2.47. The molecule has 8 heavy (non-hydrogen) atoms. The van der Waals surface area contributed by atoms with Crippen molar-refractivity contribution in [3.05, 3.63) is 10.9 Å². The SMILES string of the molecule is Cc1onc(Cl)c1N. The maximum atomic E-state index is 5.40. The van der Waals surface area contributed by atoms with Crippen molar-refractivity contribution < 1.29 is 4.52 Å². The van der Waals surface area contributed by atoms with Crippen LogP contribution < -0.4 is 5.73 Å². The zero-order valence-corrected chi connectivity index (χ0v) is 5.07. The molecule has 0 unspecified atom stereocenters. The van der Waals surface area contributed by atoms with Crippen molar-refractivity contribution in [2.45, 2.75) is 6.92 Å². The normalized spacial score (nSPS) is 9.75. The molecule has 3 nitrogen and oxygen atoms in total. The van der Waals surface area contributed by atoms with Gasteiger partial charge in [0, 0.05) is 0 Å². The molecule has 2 N–H and O–H groups in total. The molecule has 0 spiro atoms. The third kappa shape index (κ3) is 0.648. The van der Waals surface area contributed by atoms with Crippen molar-refractivity contribution in [1.29, 1.82) is 0 Å². The van der Waals surface area contributed by atoms with E-state index >= 15 is 0 Å². The van der Waals surface area contributed by atoms with E-state index in [4.69, 9.17) is 17.3 Å². The second kappa shape index (κ2) is 1.67. The van der Waals surface area contributed by atoms with Crippen molar-refractivity contribution in [2.75, 3.05) is 5.73 Å². The molecular weight excluding hydrogens is 128 g/mol. The van der Waals surface area contributed by atoms with E-state index in [1.807, 2.05) is 0 Å². The summed E-state index contributed by atoms with van der Waals surface area (Å²) in [5.41, 5.74) is 5.74. The monoisotopic (exact) mass is 132 g/mol. The Bertz CT molecular complexity index is 176. The molecule has 0 amide bonds. The van der Waals surface area contributed by atoms with Crippen LogP contribution in [0.15, 0.2) is 4.52 Å². The minimum Gasteiger partial charge on any atom is -0.393 e. The van der Waals surface area contributed by atoms with E-state index in [0.717, 1.165) is 0 Å². The molecule has 0 atom stereocenters. The highest BCUT2D eigenvalue weighted by molar-refractivity contribution is 6.31. The second-order valence-corrected chi connectivity index (χ2v) is 1.80. The zero-order chi connectivity index (χ0) is 6.15. The maximum absolute atomic E-state index is 5.40. The van der Waals surface area contributed by atoms with E-state index in [1.165, 1.54) is 0 Å². The molecule has 1 rings (SSSR count). The molecule has 0 bridgehead atoms. The summed E-state index contributed by atoms with van der Waals surface area (Å²) in [6.07, 6.45) is 0. The van der Waals surface area contributed by atoms with Gasteiger partial charge in [-0.05, 0) is 6.92 Å². The van der Waals surface area contributed by atoms with E-state index in [2.05, 4.69) is 9.68 Å². The molecule has 0 aliphatic heterocycles. The molecule has 0 radical (unpaired) electrons. The van der Waals surface area contributed by atoms with Crippen molar-refractivity contribution in [3.63, 3.8) is 0 Å². The maximum Gasteiger partial charge on any atom is 0.195 e. The van der Waals surface area contributed by atoms with Gasteiger partial charge in [-0.25, -0.2) is 0 Å². The smallest absolute Gasteiger partial charge is 0.195 e. The van der Waals surface area contributed by atoms with E-state index in [1.54, 1.807) is 6.92 Å². The molecule has 1 aromatic heterocycles. The molecule has 0 aliphatic carbocycles. The number of rotatable bonds is 0. The van der Waals surface area contributed by atoms with Crippen LogP contribution in [0.5, 0.6) is 0 Å². The number of aromatic nitrogens is 1. The molecule has 0 aromatic carbocycles.